The molecular weight excluding hydrogens is 456 g/mol. The number of benzene rings is 2. The van der Waals surface area contributed by atoms with E-state index in [1.54, 1.807) is 22.8 Å². The quantitative estimate of drug-likeness (QED) is 0.452. The van der Waals surface area contributed by atoms with Crippen molar-refractivity contribution in [2.45, 2.75) is 44.2 Å². The summed E-state index contributed by atoms with van der Waals surface area (Å²) in [7, 11) is 0. The minimum Gasteiger partial charge on any atom is -0.363 e. The third-order valence-electron chi connectivity index (χ3n) is 6.42. The van der Waals surface area contributed by atoms with Gasteiger partial charge in [-0.1, -0.05) is 53.2 Å². The maximum atomic E-state index is 13.6. The molecule has 2 unspecified atom stereocenters. The zero-order valence-corrected chi connectivity index (χ0v) is 19.0. The lowest BCUT2D eigenvalue weighted by atomic mass is 9.90. The fraction of sp³-hybridized carbons (Fsp3) is 0.280. The van der Waals surface area contributed by atoms with Gasteiger partial charge >= 0.3 is 0 Å². The van der Waals surface area contributed by atoms with Crippen molar-refractivity contribution in [1.29, 1.82) is 0 Å². The zero-order chi connectivity index (χ0) is 23.8. The number of nitrogens with zero attached hydrogens (tertiary/aromatic N) is 2. The molecule has 0 spiro atoms. The van der Waals surface area contributed by atoms with E-state index in [0.717, 1.165) is 24.8 Å². The number of rotatable bonds is 5. The van der Waals surface area contributed by atoms with Crippen molar-refractivity contribution in [3.05, 3.63) is 75.2 Å². The molecule has 2 amide bonds. The van der Waals surface area contributed by atoms with Gasteiger partial charge in [0.1, 0.15) is 10.9 Å². The molecule has 8 nitrogen and oxygen atoms in total. The third kappa shape index (κ3) is 3.94. The van der Waals surface area contributed by atoms with Crippen LogP contribution >= 0.6 is 11.6 Å². The Morgan fingerprint density at radius 2 is 1.91 bits per heavy atom. The summed E-state index contributed by atoms with van der Waals surface area (Å²) in [4.78, 5) is 38.2. The van der Waals surface area contributed by atoms with Crippen LogP contribution in [-0.2, 0) is 11.2 Å². The van der Waals surface area contributed by atoms with Gasteiger partial charge < -0.3 is 20.1 Å². The van der Waals surface area contributed by atoms with E-state index in [9.17, 15) is 14.4 Å². The molecule has 1 aliphatic rings. The maximum absolute atomic E-state index is 13.6. The number of amides is 2. The highest BCUT2D eigenvalue weighted by Crippen LogP contribution is 2.35. The van der Waals surface area contributed by atoms with Crippen LogP contribution in [0.15, 0.2) is 57.8 Å². The second kappa shape index (κ2) is 8.95. The molecule has 1 saturated carbocycles. The van der Waals surface area contributed by atoms with Crippen molar-refractivity contribution in [2.24, 2.45) is 5.73 Å². The Morgan fingerprint density at radius 3 is 2.68 bits per heavy atom. The van der Waals surface area contributed by atoms with Gasteiger partial charge in [-0.05, 0) is 43.4 Å². The number of primary amides is 1. The fourth-order valence-corrected chi connectivity index (χ4v) is 5.22. The molecule has 2 atom stereocenters. The van der Waals surface area contributed by atoms with E-state index in [1.165, 1.54) is 0 Å². The summed E-state index contributed by atoms with van der Waals surface area (Å²) in [5, 5.41) is 8.02. The van der Waals surface area contributed by atoms with Crippen LogP contribution in [0, 0.1) is 0 Å². The Morgan fingerprint density at radius 1 is 1.12 bits per heavy atom. The summed E-state index contributed by atoms with van der Waals surface area (Å²) in [6.07, 6.45) is 3.28. The van der Waals surface area contributed by atoms with Gasteiger partial charge in [0.25, 0.3) is 11.5 Å². The van der Waals surface area contributed by atoms with Gasteiger partial charge in [-0.25, -0.2) is 0 Å². The van der Waals surface area contributed by atoms with Crippen LogP contribution < -0.4 is 16.6 Å². The van der Waals surface area contributed by atoms with Crippen molar-refractivity contribution in [1.82, 2.24) is 15.0 Å². The number of aromatic nitrogens is 2. The van der Waals surface area contributed by atoms with Crippen molar-refractivity contribution >= 4 is 45.2 Å². The van der Waals surface area contributed by atoms with E-state index in [0.29, 0.717) is 28.8 Å². The number of pyridine rings is 1. The molecule has 2 aromatic heterocycles. The van der Waals surface area contributed by atoms with Gasteiger partial charge in [0.2, 0.25) is 11.7 Å². The first-order valence-electron chi connectivity index (χ1n) is 11.2. The molecule has 5 rings (SSSR count). The summed E-state index contributed by atoms with van der Waals surface area (Å²) < 4.78 is 6.80. The minimum atomic E-state index is -0.868. The van der Waals surface area contributed by atoms with E-state index in [-0.39, 0.29) is 34.7 Å². The Balaban J connectivity index is 1.52. The standard InChI is InChI=1S/C25H23ClN4O4/c26-17-10-5-11-18-20(17)22-21(23(24(27)32)34-29-22)25(33)30(18)16-9-4-8-15(13-16)28-19(31)12-14-6-2-1-3-7-14/h1-3,5-7,10-11,15-16H,4,8-9,12-13H2,(H2,27,32)(H,28,31). The van der Waals surface area contributed by atoms with Gasteiger partial charge in [0.15, 0.2) is 0 Å². The van der Waals surface area contributed by atoms with E-state index in [4.69, 9.17) is 21.9 Å². The topological polar surface area (TPSA) is 120 Å². The SMILES string of the molecule is NC(=O)c1onc2c1c(=O)n(C1CCCC(NC(=O)Cc3ccccc3)C1)c1cccc(Cl)c21. The predicted octanol–water partition coefficient (Wildman–Crippen LogP) is 3.74. The number of nitrogens with one attached hydrogen (secondary N) is 1. The number of carbonyl (C=O) groups is 2. The van der Waals surface area contributed by atoms with Gasteiger partial charge in [-0.15, -0.1) is 0 Å². The van der Waals surface area contributed by atoms with Crippen LogP contribution in [0.5, 0.6) is 0 Å². The summed E-state index contributed by atoms with van der Waals surface area (Å²) >= 11 is 6.49. The van der Waals surface area contributed by atoms with Crippen LogP contribution in [0.4, 0.5) is 0 Å². The van der Waals surface area contributed by atoms with Crippen LogP contribution in [-0.4, -0.2) is 27.6 Å². The monoisotopic (exact) mass is 478 g/mol. The zero-order valence-electron chi connectivity index (χ0n) is 18.3. The second-order valence-corrected chi connectivity index (χ2v) is 9.06. The van der Waals surface area contributed by atoms with E-state index in [1.807, 2.05) is 30.3 Å². The van der Waals surface area contributed by atoms with Crippen LogP contribution in [0.2, 0.25) is 5.02 Å². The highest BCUT2D eigenvalue weighted by molar-refractivity contribution is 6.37. The largest absolute Gasteiger partial charge is 0.363 e. The first kappa shape index (κ1) is 22.2. The lowest BCUT2D eigenvalue weighted by Crippen LogP contribution is -2.41. The molecule has 1 fully saturated rings. The van der Waals surface area contributed by atoms with Crippen molar-refractivity contribution in [2.75, 3.05) is 0 Å². The number of nitrogens with two attached hydrogens (primary N) is 1. The molecular formula is C25H23ClN4O4. The molecule has 2 heterocycles. The average Bonchev–Trinajstić information content (AvgIpc) is 3.26. The normalized spacial score (nSPS) is 18.3. The fourth-order valence-electron chi connectivity index (χ4n) is 4.96. The van der Waals surface area contributed by atoms with E-state index >= 15 is 0 Å². The van der Waals surface area contributed by atoms with Crippen LogP contribution in [0.25, 0.3) is 21.8 Å². The summed E-state index contributed by atoms with van der Waals surface area (Å²) in [6, 6.07) is 14.6. The smallest absolute Gasteiger partial charge is 0.288 e. The highest BCUT2D eigenvalue weighted by Gasteiger charge is 2.30. The van der Waals surface area contributed by atoms with Gasteiger partial charge in [-0.3, -0.25) is 14.4 Å². The van der Waals surface area contributed by atoms with Crippen LogP contribution in [0.1, 0.15) is 47.8 Å². The highest BCUT2D eigenvalue weighted by atomic mass is 35.5. The van der Waals surface area contributed by atoms with Crippen LogP contribution in [0.3, 0.4) is 0 Å². The molecule has 0 saturated heterocycles. The van der Waals surface area contributed by atoms with E-state index in [2.05, 4.69) is 10.5 Å². The number of fused-ring (bicyclic) bond motifs is 3. The number of halogens is 1. The molecule has 0 bridgehead atoms. The second-order valence-electron chi connectivity index (χ2n) is 8.66. The van der Waals surface area contributed by atoms with E-state index < -0.39 is 11.5 Å². The van der Waals surface area contributed by atoms with Gasteiger partial charge in [0, 0.05) is 17.5 Å². The van der Waals surface area contributed by atoms with Crippen molar-refractivity contribution < 1.29 is 14.1 Å². The third-order valence-corrected chi connectivity index (χ3v) is 6.74. The predicted molar refractivity (Wildman–Crippen MR) is 129 cm³/mol. The molecule has 2 aromatic carbocycles. The van der Waals surface area contributed by atoms with Gasteiger partial charge in [-0.2, -0.15) is 0 Å². The first-order chi connectivity index (χ1) is 16.4. The summed E-state index contributed by atoms with van der Waals surface area (Å²) in [5.74, 6) is -1.20. The Hall–Kier alpha value is -3.65. The lowest BCUT2D eigenvalue weighted by Gasteiger charge is -2.32. The molecule has 3 N–H and O–H groups in total. The van der Waals surface area contributed by atoms with Crippen molar-refractivity contribution in [3.8, 4) is 0 Å². The molecule has 34 heavy (non-hydrogen) atoms. The molecule has 0 radical (unpaired) electrons. The average molecular weight is 479 g/mol. The molecule has 0 aliphatic heterocycles. The number of hydrogen-bond acceptors (Lipinski definition) is 5. The Labute approximate surface area is 199 Å². The first-order valence-corrected chi connectivity index (χ1v) is 11.6. The Bertz CT molecular complexity index is 1460. The number of hydrogen-bond donors (Lipinski definition) is 2. The minimum absolute atomic E-state index is 0.0309. The van der Waals surface area contributed by atoms with Crippen molar-refractivity contribution in [3.63, 3.8) is 0 Å². The summed E-state index contributed by atoms with van der Waals surface area (Å²) in [6.45, 7) is 0. The maximum Gasteiger partial charge on any atom is 0.288 e. The molecule has 174 valence electrons. The number of carbonyl (C=O) groups excluding carboxylic acids is 2. The van der Waals surface area contributed by atoms with Gasteiger partial charge in [0.05, 0.1) is 17.0 Å². The lowest BCUT2D eigenvalue weighted by molar-refractivity contribution is -0.121. The summed E-state index contributed by atoms with van der Waals surface area (Å²) in [5.41, 5.74) is 6.81. The molecule has 4 aromatic rings. The molecule has 1 aliphatic carbocycles. The molecule has 9 heteroatoms. The Kier molecular flexibility index (Phi) is 5.83.